The Morgan fingerprint density at radius 2 is 1.73 bits per heavy atom. The molecule has 0 amide bonds. The molecular formula is C19H15NO6. The van der Waals surface area contributed by atoms with Crippen molar-refractivity contribution >= 4 is 23.5 Å². The SMILES string of the molecule is COc1ccc(C2=C/C(=C\c3ccc([N+](=O)[O-])cc3)C(=O)O2)cc1OC. The van der Waals surface area contributed by atoms with Crippen molar-refractivity contribution < 1.29 is 23.9 Å². The van der Waals surface area contributed by atoms with Crippen molar-refractivity contribution in [2.45, 2.75) is 0 Å². The fraction of sp³-hybridized carbons (Fsp3) is 0.105. The van der Waals surface area contributed by atoms with E-state index in [-0.39, 0.29) is 5.69 Å². The first-order valence-electron chi connectivity index (χ1n) is 7.64. The Kier molecular flexibility index (Phi) is 4.70. The second kappa shape index (κ2) is 7.10. The lowest BCUT2D eigenvalue weighted by Crippen LogP contribution is -1.98. The van der Waals surface area contributed by atoms with E-state index in [2.05, 4.69) is 0 Å². The number of rotatable bonds is 5. The first-order chi connectivity index (χ1) is 12.5. The van der Waals surface area contributed by atoms with Gasteiger partial charge in [-0.2, -0.15) is 0 Å². The molecule has 0 fully saturated rings. The van der Waals surface area contributed by atoms with E-state index in [9.17, 15) is 14.9 Å². The number of carbonyl (C=O) groups excluding carboxylic acids is 1. The molecule has 1 heterocycles. The fourth-order valence-corrected chi connectivity index (χ4v) is 2.49. The Hall–Kier alpha value is -3.61. The lowest BCUT2D eigenvalue weighted by Gasteiger charge is -2.09. The van der Waals surface area contributed by atoms with Crippen LogP contribution in [0.15, 0.2) is 54.1 Å². The fourth-order valence-electron chi connectivity index (χ4n) is 2.49. The summed E-state index contributed by atoms with van der Waals surface area (Å²) in [4.78, 5) is 22.3. The number of nitrogens with zero attached hydrogens (tertiary/aromatic N) is 1. The normalized spacial score (nSPS) is 14.8. The predicted octanol–water partition coefficient (Wildman–Crippen LogP) is 3.59. The van der Waals surface area contributed by atoms with Crippen LogP contribution in [0.3, 0.4) is 0 Å². The maximum Gasteiger partial charge on any atom is 0.343 e. The van der Waals surface area contributed by atoms with Gasteiger partial charge in [0.25, 0.3) is 5.69 Å². The molecule has 1 aliphatic rings. The zero-order valence-corrected chi connectivity index (χ0v) is 14.1. The van der Waals surface area contributed by atoms with Gasteiger partial charge in [-0.25, -0.2) is 4.79 Å². The maximum absolute atomic E-state index is 12.1. The van der Waals surface area contributed by atoms with Crippen molar-refractivity contribution in [3.63, 3.8) is 0 Å². The standard InChI is InChI=1S/C19H15NO6/c1-24-16-8-5-13(10-18(16)25-2)17-11-14(19(21)26-17)9-12-3-6-15(7-4-12)20(22)23/h3-11H,1-2H3/b14-9+. The molecular weight excluding hydrogens is 338 g/mol. The number of esters is 1. The van der Waals surface area contributed by atoms with Crippen LogP contribution in [0.4, 0.5) is 5.69 Å². The zero-order chi connectivity index (χ0) is 18.7. The van der Waals surface area contributed by atoms with Crippen LogP contribution in [0.25, 0.3) is 11.8 Å². The minimum absolute atomic E-state index is 0.0114. The van der Waals surface area contributed by atoms with E-state index in [1.807, 2.05) is 0 Å². The molecule has 0 N–H and O–H groups in total. The number of methoxy groups -OCH3 is 2. The van der Waals surface area contributed by atoms with Crippen LogP contribution in [-0.4, -0.2) is 25.1 Å². The van der Waals surface area contributed by atoms with Crippen LogP contribution in [0, 0.1) is 10.1 Å². The van der Waals surface area contributed by atoms with Gasteiger partial charge in [-0.1, -0.05) is 0 Å². The average molecular weight is 353 g/mol. The van der Waals surface area contributed by atoms with Gasteiger partial charge in [0.15, 0.2) is 11.5 Å². The lowest BCUT2D eigenvalue weighted by atomic mass is 10.1. The summed E-state index contributed by atoms with van der Waals surface area (Å²) in [6, 6.07) is 11.1. The van der Waals surface area contributed by atoms with Gasteiger partial charge >= 0.3 is 5.97 Å². The van der Waals surface area contributed by atoms with Crippen molar-refractivity contribution in [2.75, 3.05) is 14.2 Å². The highest BCUT2D eigenvalue weighted by Gasteiger charge is 2.23. The molecule has 1 aliphatic heterocycles. The molecule has 0 aliphatic carbocycles. The van der Waals surface area contributed by atoms with Gasteiger partial charge in [-0.05, 0) is 48.0 Å². The van der Waals surface area contributed by atoms with Crippen LogP contribution >= 0.6 is 0 Å². The Balaban J connectivity index is 1.90. The molecule has 0 atom stereocenters. The summed E-state index contributed by atoms with van der Waals surface area (Å²) in [6.07, 6.45) is 3.23. The summed E-state index contributed by atoms with van der Waals surface area (Å²) < 4.78 is 15.8. The van der Waals surface area contributed by atoms with Crippen LogP contribution in [0.1, 0.15) is 11.1 Å². The summed E-state index contributed by atoms with van der Waals surface area (Å²) in [5.41, 5.74) is 1.67. The maximum atomic E-state index is 12.1. The van der Waals surface area contributed by atoms with Gasteiger partial charge in [0, 0.05) is 17.7 Å². The van der Waals surface area contributed by atoms with Gasteiger partial charge in [-0.15, -0.1) is 0 Å². The highest BCUT2D eigenvalue weighted by molar-refractivity contribution is 6.05. The Labute approximate surface area is 149 Å². The van der Waals surface area contributed by atoms with E-state index in [1.165, 1.54) is 26.4 Å². The molecule has 0 spiro atoms. The molecule has 7 heteroatoms. The monoisotopic (exact) mass is 353 g/mol. The minimum atomic E-state index is -0.492. The third-order valence-electron chi connectivity index (χ3n) is 3.82. The smallest absolute Gasteiger partial charge is 0.343 e. The number of ether oxygens (including phenoxy) is 3. The zero-order valence-electron chi connectivity index (χ0n) is 14.1. The molecule has 26 heavy (non-hydrogen) atoms. The Morgan fingerprint density at radius 3 is 2.35 bits per heavy atom. The van der Waals surface area contributed by atoms with E-state index < -0.39 is 10.9 Å². The van der Waals surface area contributed by atoms with Crippen LogP contribution < -0.4 is 9.47 Å². The number of nitro groups is 1. The molecule has 0 radical (unpaired) electrons. The first-order valence-corrected chi connectivity index (χ1v) is 7.64. The molecule has 0 aromatic heterocycles. The number of cyclic esters (lactones) is 1. The van der Waals surface area contributed by atoms with Gasteiger partial charge in [0.05, 0.1) is 24.7 Å². The number of benzene rings is 2. The van der Waals surface area contributed by atoms with Crippen molar-refractivity contribution in [1.29, 1.82) is 0 Å². The highest BCUT2D eigenvalue weighted by Crippen LogP contribution is 2.34. The Bertz CT molecular complexity index is 928. The largest absolute Gasteiger partial charge is 0.493 e. The van der Waals surface area contributed by atoms with Crippen molar-refractivity contribution in [3.8, 4) is 11.5 Å². The van der Waals surface area contributed by atoms with E-state index in [4.69, 9.17) is 14.2 Å². The summed E-state index contributed by atoms with van der Waals surface area (Å²) in [7, 11) is 3.06. The van der Waals surface area contributed by atoms with E-state index in [0.29, 0.717) is 34.0 Å². The van der Waals surface area contributed by atoms with Crippen molar-refractivity contribution in [3.05, 3.63) is 75.4 Å². The van der Waals surface area contributed by atoms with Crippen molar-refractivity contribution in [2.24, 2.45) is 0 Å². The molecule has 0 unspecified atom stereocenters. The average Bonchev–Trinajstić information content (AvgIpc) is 3.02. The van der Waals surface area contributed by atoms with Crippen molar-refractivity contribution in [1.82, 2.24) is 0 Å². The third-order valence-corrected chi connectivity index (χ3v) is 3.82. The van der Waals surface area contributed by atoms with Gasteiger partial charge < -0.3 is 14.2 Å². The number of hydrogen-bond donors (Lipinski definition) is 0. The molecule has 7 nitrogen and oxygen atoms in total. The quantitative estimate of drug-likeness (QED) is 0.353. The predicted molar refractivity (Wildman–Crippen MR) is 94.7 cm³/mol. The van der Waals surface area contributed by atoms with E-state index >= 15 is 0 Å². The first kappa shape index (κ1) is 17.2. The molecule has 2 aromatic rings. The van der Waals surface area contributed by atoms with E-state index in [1.54, 1.807) is 42.5 Å². The van der Waals surface area contributed by atoms with Gasteiger partial charge in [0.2, 0.25) is 0 Å². The lowest BCUT2D eigenvalue weighted by molar-refractivity contribution is -0.384. The highest BCUT2D eigenvalue weighted by atomic mass is 16.6. The summed E-state index contributed by atoms with van der Waals surface area (Å²) in [5.74, 6) is 0.995. The van der Waals surface area contributed by atoms with Crippen LogP contribution in [0.2, 0.25) is 0 Å². The molecule has 2 aromatic carbocycles. The molecule has 132 valence electrons. The molecule has 0 saturated heterocycles. The van der Waals surface area contributed by atoms with E-state index in [0.717, 1.165) is 0 Å². The summed E-state index contributed by atoms with van der Waals surface area (Å²) in [6.45, 7) is 0. The molecule has 0 bridgehead atoms. The van der Waals surface area contributed by atoms with Crippen LogP contribution in [-0.2, 0) is 9.53 Å². The summed E-state index contributed by atoms with van der Waals surface area (Å²) in [5, 5.41) is 10.7. The second-order valence-electron chi connectivity index (χ2n) is 5.42. The third kappa shape index (κ3) is 3.41. The number of carbonyl (C=O) groups is 1. The topological polar surface area (TPSA) is 87.9 Å². The molecule has 3 rings (SSSR count). The van der Waals surface area contributed by atoms with Gasteiger partial charge in [0.1, 0.15) is 5.76 Å². The second-order valence-corrected chi connectivity index (χ2v) is 5.42. The van der Waals surface area contributed by atoms with Crippen LogP contribution in [0.5, 0.6) is 11.5 Å². The van der Waals surface area contributed by atoms with Gasteiger partial charge in [-0.3, -0.25) is 10.1 Å². The molecule has 0 saturated carbocycles. The summed E-state index contributed by atoms with van der Waals surface area (Å²) >= 11 is 0. The Morgan fingerprint density at radius 1 is 1.04 bits per heavy atom. The number of nitro benzene ring substituents is 1. The number of non-ortho nitro benzene ring substituents is 1. The minimum Gasteiger partial charge on any atom is -0.493 e. The number of hydrogen-bond acceptors (Lipinski definition) is 6.